The van der Waals surface area contributed by atoms with Gasteiger partial charge < -0.3 is 4.74 Å². The van der Waals surface area contributed by atoms with E-state index < -0.39 is 6.09 Å². The largest absolute Gasteiger partial charge is 0.449 e. The van der Waals surface area contributed by atoms with E-state index in [2.05, 4.69) is 10.4 Å². The van der Waals surface area contributed by atoms with E-state index >= 15 is 0 Å². The van der Waals surface area contributed by atoms with E-state index in [1.54, 1.807) is 24.4 Å². The normalized spacial score (nSPS) is 14.0. The molecule has 7 nitrogen and oxygen atoms in total. The number of nitrogens with zero attached hydrogens (tertiary/aromatic N) is 3. The third kappa shape index (κ3) is 3.61. The maximum atomic E-state index is 12.5. The number of nitrogens with one attached hydrogen (secondary N) is 1. The molecule has 1 amide bonds. The van der Waals surface area contributed by atoms with Gasteiger partial charge in [0.15, 0.2) is 5.82 Å². The van der Waals surface area contributed by atoms with Crippen LogP contribution in [0.4, 0.5) is 10.5 Å². The van der Waals surface area contributed by atoms with Crippen molar-refractivity contribution in [3.05, 3.63) is 40.9 Å². The zero-order chi connectivity index (χ0) is 16.4. The fraction of sp³-hybridized carbons (Fsp3) is 0.438. The smallest absolute Gasteiger partial charge is 0.411 e. The van der Waals surface area contributed by atoms with Crippen LogP contribution >= 0.6 is 0 Å². The highest BCUT2D eigenvalue weighted by Gasteiger charge is 2.24. The van der Waals surface area contributed by atoms with Gasteiger partial charge in [-0.15, -0.1) is 0 Å². The Balaban J connectivity index is 1.77. The van der Waals surface area contributed by atoms with Crippen LogP contribution in [0.25, 0.3) is 5.82 Å². The van der Waals surface area contributed by atoms with Crippen LogP contribution in [-0.4, -0.2) is 27.0 Å². The van der Waals surface area contributed by atoms with Crippen LogP contribution in [0.2, 0.25) is 0 Å². The number of pyridine rings is 1. The lowest BCUT2D eigenvalue weighted by Gasteiger charge is -2.09. The number of amides is 1. The van der Waals surface area contributed by atoms with E-state index in [4.69, 9.17) is 4.74 Å². The molecule has 2 aromatic heterocycles. The Morgan fingerprint density at radius 3 is 2.87 bits per heavy atom. The van der Waals surface area contributed by atoms with Gasteiger partial charge in [-0.25, -0.2) is 4.79 Å². The quantitative estimate of drug-likeness (QED) is 0.919. The van der Waals surface area contributed by atoms with Crippen LogP contribution < -0.4 is 10.9 Å². The molecule has 3 rings (SSSR count). The van der Waals surface area contributed by atoms with Crippen molar-refractivity contribution in [1.82, 2.24) is 14.3 Å². The lowest BCUT2D eigenvalue weighted by molar-refractivity contribution is 0.147. The predicted octanol–water partition coefficient (Wildman–Crippen LogP) is 2.57. The lowest BCUT2D eigenvalue weighted by atomic mass is 10.2. The third-order valence-corrected chi connectivity index (χ3v) is 3.49. The summed E-state index contributed by atoms with van der Waals surface area (Å²) in [6.07, 6.45) is 5.12. The first-order chi connectivity index (χ1) is 11.0. The van der Waals surface area contributed by atoms with E-state index in [-0.39, 0.29) is 17.2 Å². The van der Waals surface area contributed by atoms with Crippen molar-refractivity contribution in [1.29, 1.82) is 0 Å². The molecule has 0 bridgehead atoms. The van der Waals surface area contributed by atoms with Gasteiger partial charge in [-0.3, -0.25) is 19.4 Å². The second-order valence-electron chi connectivity index (χ2n) is 6.10. The zero-order valence-corrected chi connectivity index (χ0v) is 13.2. The Hall–Kier alpha value is -2.57. The van der Waals surface area contributed by atoms with Crippen molar-refractivity contribution in [2.75, 3.05) is 11.9 Å². The molecule has 0 radical (unpaired) electrons. The molecule has 2 aromatic rings. The highest BCUT2D eigenvalue weighted by molar-refractivity contribution is 5.84. The van der Waals surface area contributed by atoms with E-state index in [9.17, 15) is 9.59 Å². The van der Waals surface area contributed by atoms with Crippen LogP contribution in [0, 0.1) is 5.92 Å². The summed E-state index contributed by atoms with van der Waals surface area (Å²) in [7, 11) is 0. The molecule has 0 saturated heterocycles. The molecule has 1 aliphatic carbocycles. The van der Waals surface area contributed by atoms with E-state index in [0.717, 1.165) is 12.8 Å². The molecule has 23 heavy (non-hydrogen) atoms. The number of carbonyl (C=O) groups excluding carboxylic acids is 1. The molecular formula is C16H20N4O3. The lowest BCUT2D eigenvalue weighted by Crippen LogP contribution is -2.25. The first-order valence-electron chi connectivity index (χ1n) is 7.75. The second-order valence-corrected chi connectivity index (χ2v) is 6.10. The maximum Gasteiger partial charge on any atom is 0.411 e. The Labute approximate surface area is 133 Å². The number of rotatable bonds is 5. The Bertz CT molecular complexity index is 759. The summed E-state index contributed by atoms with van der Waals surface area (Å²) in [6, 6.07) is 5.48. The summed E-state index contributed by atoms with van der Waals surface area (Å²) in [5.74, 6) is 0.778. The first kappa shape index (κ1) is 15.3. The summed E-state index contributed by atoms with van der Waals surface area (Å²) in [6.45, 7) is 4.19. The van der Waals surface area contributed by atoms with E-state index in [1.165, 1.54) is 4.57 Å². The topological polar surface area (TPSA) is 78.2 Å². The highest BCUT2D eigenvalue weighted by Crippen LogP contribution is 2.34. The van der Waals surface area contributed by atoms with Gasteiger partial charge >= 0.3 is 6.09 Å². The van der Waals surface area contributed by atoms with Crippen molar-refractivity contribution in [3.8, 4) is 5.82 Å². The molecule has 7 heteroatoms. The number of hydrogen-bond donors (Lipinski definition) is 1. The van der Waals surface area contributed by atoms with Crippen LogP contribution in [0.5, 0.6) is 0 Å². The van der Waals surface area contributed by atoms with E-state index in [1.807, 2.05) is 24.7 Å². The fourth-order valence-electron chi connectivity index (χ4n) is 2.16. The standard InChI is InChI=1S/C16H20N4O3/c1-11(2)10-23-16(22)17-13-4-3-8-19(15(13)21)14-7-9-20(18-14)12-5-6-12/h3-4,7-9,11-12H,5-6,10H2,1-2H3,(H,17,22). The molecule has 0 unspecified atom stereocenters. The average molecular weight is 316 g/mol. The van der Waals surface area contributed by atoms with Crippen molar-refractivity contribution >= 4 is 11.8 Å². The number of anilines is 1. The van der Waals surface area contributed by atoms with Crippen molar-refractivity contribution in [3.63, 3.8) is 0 Å². The van der Waals surface area contributed by atoms with Crippen molar-refractivity contribution in [2.45, 2.75) is 32.7 Å². The van der Waals surface area contributed by atoms with Gasteiger partial charge in [0.05, 0.1) is 12.6 Å². The Morgan fingerprint density at radius 2 is 2.17 bits per heavy atom. The van der Waals surface area contributed by atoms with Crippen LogP contribution in [0.1, 0.15) is 32.7 Å². The Kier molecular flexibility index (Phi) is 4.18. The highest BCUT2D eigenvalue weighted by atomic mass is 16.5. The summed E-state index contributed by atoms with van der Waals surface area (Å²) in [4.78, 5) is 24.2. The molecule has 0 aliphatic heterocycles. The molecule has 1 aliphatic rings. The van der Waals surface area contributed by atoms with Crippen LogP contribution in [-0.2, 0) is 4.74 Å². The first-order valence-corrected chi connectivity index (χ1v) is 7.75. The van der Waals surface area contributed by atoms with Gasteiger partial charge in [-0.2, -0.15) is 5.10 Å². The monoisotopic (exact) mass is 316 g/mol. The zero-order valence-electron chi connectivity index (χ0n) is 13.2. The predicted molar refractivity (Wildman–Crippen MR) is 85.9 cm³/mol. The van der Waals surface area contributed by atoms with Gasteiger partial charge in [0.1, 0.15) is 5.69 Å². The molecular weight excluding hydrogens is 296 g/mol. The van der Waals surface area contributed by atoms with Gasteiger partial charge in [0.25, 0.3) is 5.56 Å². The average Bonchev–Trinajstić information content (AvgIpc) is 3.25. The minimum absolute atomic E-state index is 0.169. The second kappa shape index (κ2) is 6.28. The number of carbonyl (C=O) groups is 1. The molecule has 0 spiro atoms. The summed E-state index contributed by atoms with van der Waals surface area (Å²) < 4.78 is 8.32. The molecule has 2 heterocycles. The molecule has 0 atom stereocenters. The van der Waals surface area contributed by atoms with Crippen LogP contribution in [0.15, 0.2) is 35.4 Å². The summed E-state index contributed by atoms with van der Waals surface area (Å²) in [5, 5.41) is 6.91. The van der Waals surface area contributed by atoms with E-state index in [0.29, 0.717) is 18.5 Å². The molecule has 0 aromatic carbocycles. The number of hydrogen-bond acceptors (Lipinski definition) is 4. The number of aromatic nitrogens is 3. The third-order valence-electron chi connectivity index (χ3n) is 3.49. The summed E-state index contributed by atoms with van der Waals surface area (Å²) in [5.41, 5.74) is -0.169. The summed E-state index contributed by atoms with van der Waals surface area (Å²) >= 11 is 0. The van der Waals surface area contributed by atoms with Gasteiger partial charge in [-0.05, 0) is 30.9 Å². The van der Waals surface area contributed by atoms with Gasteiger partial charge in [0, 0.05) is 18.5 Å². The number of ether oxygens (including phenoxy) is 1. The van der Waals surface area contributed by atoms with Gasteiger partial charge in [-0.1, -0.05) is 13.8 Å². The minimum atomic E-state index is -0.628. The minimum Gasteiger partial charge on any atom is -0.449 e. The molecule has 122 valence electrons. The Morgan fingerprint density at radius 1 is 1.39 bits per heavy atom. The van der Waals surface area contributed by atoms with Crippen molar-refractivity contribution < 1.29 is 9.53 Å². The maximum absolute atomic E-state index is 12.5. The SMILES string of the molecule is CC(C)COC(=O)Nc1cccn(-c2ccn(C3CC3)n2)c1=O. The molecule has 1 saturated carbocycles. The van der Waals surface area contributed by atoms with Crippen molar-refractivity contribution in [2.24, 2.45) is 5.92 Å². The van der Waals surface area contributed by atoms with Crippen LogP contribution in [0.3, 0.4) is 0 Å². The fourth-order valence-corrected chi connectivity index (χ4v) is 2.16. The molecule has 1 N–H and O–H groups in total. The molecule has 1 fully saturated rings. The van der Waals surface area contributed by atoms with Gasteiger partial charge in [0.2, 0.25) is 0 Å².